The Morgan fingerprint density at radius 2 is 2.00 bits per heavy atom. The molecule has 8 nitrogen and oxygen atoms in total. The number of nitriles is 1. The van der Waals surface area contributed by atoms with Crippen molar-refractivity contribution in [3.63, 3.8) is 0 Å². The third-order valence-corrected chi connectivity index (χ3v) is 4.47. The summed E-state index contributed by atoms with van der Waals surface area (Å²) >= 11 is 1.07. The molecule has 0 radical (unpaired) electrons. The SMILES string of the molecule is CCCOC(=O)c1ccc(NC(=O)CSc2nc(CC)c(C#N)c(=O)[nH]2)cc1. The largest absolute Gasteiger partial charge is 0.462 e. The number of benzene rings is 1. The number of anilines is 1. The Hall–Kier alpha value is -3.12. The molecular formula is C19H20N4O4S. The molecule has 2 rings (SSSR count). The number of aromatic amines is 1. The number of esters is 1. The highest BCUT2D eigenvalue weighted by Crippen LogP contribution is 2.15. The van der Waals surface area contributed by atoms with Gasteiger partial charge < -0.3 is 15.0 Å². The number of nitrogens with one attached hydrogen (secondary N) is 2. The van der Waals surface area contributed by atoms with Gasteiger partial charge in [-0.1, -0.05) is 25.6 Å². The topological polar surface area (TPSA) is 125 Å². The van der Waals surface area contributed by atoms with Crippen LogP contribution in [0.4, 0.5) is 5.69 Å². The van der Waals surface area contributed by atoms with Crippen molar-refractivity contribution in [2.24, 2.45) is 0 Å². The number of aryl methyl sites for hydroxylation is 1. The summed E-state index contributed by atoms with van der Waals surface area (Å²) in [7, 11) is 0. The molecule has 28 heavy (non-hydrogen) atoms. The molecule has 2 N–H and O–H groups in total. The van der Waals surface area contributed by atoms with Gasteiger partial charge in [0.1, 0.15) is 11.6 Å². The molecule has 0 spiro atoms. The number of carbonyl (C=O) groups excluding carboxylic acids is 2. The van der Waals surface area contributed by atoms with Crippen LogP contribution in [0.3, 0.4) is 0 Å². The minimum atomic E-state index is -0.511. The van der Waals surface area contributed by atoms with Crippen LogP contribution in [0.1, 0.15) is 41.9 Å². The summed E-state index contributed by atoms with van der Waals surface area (Å²) in [6, 6.07) is 8.22. The molecule has 0 saturated heterocycles. The zero-order valence-electron chi connectivity index (χ0n) is 15.6. The second kappa shape index (κ2) is 10.3. The van der Waals surface area contributed by atoms with Crippen molar-refractivity contribution in [3.8, 4) is 6.07 Å². The van der Waals surface area contributed by atoms with Gasteiger partial charge in [-0.05, 0) is 37.1 Å². The van der Waals surface area contributed by atoms with E-state index in [1.54, 1.807) is 31.2 Å². The lowest BCUT2D eigenvalue weighted by Gasteiger charge is -2.07. The van der Waals surface area contributed by atoms with Crippen LogP contribution in [0.15, 0.2) is 34.2 Å². The number of nitrogens with zero attached hydrogens (tertiary/aromatic N) is 2. The van der Waals surface area contributed by atoms with E-state index in [9.17, 15) is 14.4 Å². The molecule has 0 unspecified atom stereocenters. The molecule has 1 amide bonds. The highest BCUT2D eigenvalue weighted by Gasteiger charge is 2.12. The van der Waals surface area contributed by atoms with E-state index in [4.69, 9.17) is 10.00 Å². The molecule has 146 valence electrons. The number of ether oxygens (including phenoxy) is 1. The summed E-state index contributed by atoms with van der Waals surface area (Å²) in [5.41, 5.74) is 0.830. The van der Waals surface area contributed by atoms with Crippen LogP contribution in [0.25, 0.3) is 0 Å². The van der Waals surface area contributed by atoms with E-state index >= 15 is 0 Å². The molecule has 0 atom stereocenters. The Balaban J connectivity index is 1.94. The lowest BCUT2D eigenvalue weighted by Crippen LogP contribution is -2.18. The smallest absolute Gasteiger partial charge is 0.338 e. The Labute approximate surface area is 166 Å². The van der Waals surface area contributed by atoms with Crippen LogP contribution >= 0.6 is 11.8 Å². The Morgan fingerprint density at radius 3 is 2.61 bits per heavy atom. The number of amides is 1. The number of hydrogen-bond donors (Lipinski definition) is 2. The van der Waals surface area contributed by atoms with Gasteiger partial charge in [0.2, 0.25) is 5.91 Å². The molecule has 0 aliphatic rings. The fraction of sp³-hybridized carbons (Fsp3) is 0.316. The van der Waals surface area contributed by atoms with E-state index in [-0.39, 0.29) is 22.4 Å². The summed E-state index contributed by atoms with van der Waals surface area (Å²) in [4.78, 5) is 42.4. The van der Waals surface area contributed by atoms with Crippen molar-refractivity contribution in [3.05, 3.63) is 51.4 Å². The number of thioether (sulfide) groups is 1. The first-order valence-corrected chi connectivity index (χ1v) is 9.70. The molecule has 1 heterocycles. The van der Waals surface area contributed by atoms with Gasteiger partial charge >= 0.3 is 5.97 Å². The highest BCUT2D eigenvalue weighted by molar-refractivity contribution is 7.99. The molecular weight excluding hydrogens is 380 g/mol. The third kappa shape index (κ3) is 5.69. The van der Waals surface area contributed by atoms with E-state index in [1.807, 2.05) is 13.0 Å². The first kappa shape index (κ1) is 21.2. The Bertz CT molecular complexity index is 948. The number of hydrogen-bond acceptors (Lipinski definition) is 7. The van der Waals surface area contributed by atoms with E-state index in [2.05, 4.69) is 15.3 Å². The van der Waals surface area contributed by atoms with Crippen LogP contribution in [0.5, 0.6) is 0 Å². The summed E-state index contributed by atoms with van der Waals surface area (Å²) in [5, 5.41) is 12.0. The maximum Gasteiger partial charge on any atom is 0.338 e. The van der Waals surface area contributed by atoms with Gasteiger partial charge in [-0.25, -0.2) is 9.78 Å². The Kier molecular flexibility index (Phi) is 7.77. The van der Waals surface area contributed by atoms with Crippen molar-refractivity contribution >= 4 is 29.3 Å². The normalized spacial score (nSPS) is 10.2. The summed E-state index contributed by atoms with van der Waals surface area (Å²) in [6.45, 7) is 4.07. The van der Waals surface area contributed by atoms with Crippen LogP contribution in [0, 0.1) is 11.3 Å². The van der Waals surface area contributed by atoms with E-state index in [0.717, 1.165) is 18.2 Å². The molecule has 0 aliphatic heterocycles. The fourth-order valence-corrected chi connectivity index (χ4v) is 2.91. The zero-order valence-corrected chi connectivity index (χ0v) is 16.4. The lowest BCUT2D eigenvalue weighted by molar-refractivity contribution is -0.113. The number of H-pyrrole nitrogens is 1. The summed E-state index contributed by atoms with van der Waals surface area (Å²) in [5.74, 6) is -0.674. The second-order valence-corrected chi connectivity index (χ2v) is 6.67. The molecule has 1 aromatic carbocycles. The van der Waals surface area contributed by atoms with Gasteiger partial charge in [-0.3, -0.25) is 9.59 Å². The van der Waals surface area contributed by atoms with Gasteiger partial charge in [-0.2, -0.15) is 5.26 Å². The second-order valence-electron chi connectivity index (χ2n) is 5.71. The summed E-state index contributed by atoms with van der Waals surface area (Å²) in [6.07, 6.45) is 1.19. The highest BCUT2D eigenvalue weighted by atomic mass is 32.2. The minimum Gasteiger partial charge on any atom is -0.462 e. The summed E-state index contributed by atoms with van der Waals surface area (Å²) < 4.78 is 5.05. The van der Waals surface area contributed by atoms with Crippen molar-refractivity contribution in [2.75, 3.05) is 17.7 Å². The third-order valence-electron chi connectivity index (χ3n) is 3.60. The zero-order chi connectivity index (χ0) is 20.5. The predicted octanol–water partition coefficient (Wildman–Crippen LogP) is 2.50. The maximum absolute atomic E-state index is 12.1. The van der Waals surface area contributed by atoms with E-state index in [1.165, 1.54) is 0 Å². The first-order valence-electron chi connectivity index (χ1n) is 8.71. The maximum atomic E-state index is 12.1. The number of rotatable bonds is 8. The fourth-order valence-electron chi connectivity index (χ4n) is 2.24. The van der Waals surface area contributed by atoms with Gasteiger partial charge in [0.25, 0.3) is 5.56 Å². The van der Waals surface area contributed by atoms with E-state index in [0.29, 0.717) is 30.0 Å². The molecule has 0 aliphatic carbocycles. The molecule has 0 saturated carbocycles. The quantitative estimate of drug-likeness (QED) is 0.396. The van der Waals surface area contributed by atoms with E-state index < -0.39 is 11.5 Å². The van der Waals surface area contributed by atoms with Gasteiger partial charge in [0.15, 0.2) is 5.16 Å². The first-order chi connectivity index (χ1) is 13.5. The molecule has 0 fully saturated rings. The standard InChI is InChI=1S/C19H20N4O4S/c1-3-9-27-18(26)12-5-7-13(8-6-12)21-16(24)11-28-19-22-15(4-2)14(10-20)17(25)23-19/h5-8H,3-4,9,11H2,1-2H3,(H,21,24)(H,22,23,25). The lowest BCUT2D eigenvalue weighted by atomic mass is 10.2. The van der Waals surface area contributed by atoms with Crippen molar-refractivity contribution in [2.45, 2.75) is 31.8 Å². The van der Waals surface area contributed by atoms with Crippen molar-refractivity contribution in [1.82, 2.24) is 9.97 Å². The van der Waals surface area contributed by atoms with Gasteiger partial charge in [-0.15, -0.1) is 0 Å². The molecule has 1 aromatic heterocycles. The number of carbonyl (C=O) groups is 2. The minimum absolute atomic E-state index is 0.00569. The van der Waals surface area contributed by atoms with Crippen LogP contribution in [-0.2, 0) is 16.0 Å². The predicted molar refractivity (Wildman–Crippen MR) is 105 cm³/mol. The molecule has 2 aromatic rings. The van der Waals surface area contributed by atoms with Crippen LogP contribution in [-0.4, -0.2) is 34.2 Å². The average Bonchev–Trinajstić information content (AvgIpc) is 2.70. The molecule has 9 heteroatoms. The van der Waals surface area contributed by atoms with Crippen LogP contribution < -0.4 is 10.9 Å². The van der Waals surface area contributed by atoms with Crippen molar-refractivity contribution in [1.29, 1.82) is 5.26 Å². The molecule has 0 bridgehead atoms. The monoisotopic (exact) mass is 400 g/mol. The van der Waals surface area contributed by atoms with Gasteiger partial charge in [0.05, 0.1) is 23.6 Å². The number of aromatic nitrogens is 2. The van der Waals surface area contributed by atoms with Crippen molar-refractivity contribution < 1.29 is 14.3 Å². The Morgan fingerprint density at radius 1 is 1.29 bits per heavy atom. The van der Waals surface area contributed by atoms with Gasteiger partial charge in [0, 0.05) is 5.69 Å². The average molecular weight is 400 g/mol. The van der Waals surface area contributed by atoms with Crippen LogP contribution in [0.2, 0.25) is 0 Å².